The Morgan fingerprint density at radius 2 is 1.67 bits per heavy atom. The first kappa shape index (κ1) is 18.8. The van der Waals surface area contributed by atoms with E-state index < -0.39 is 5.97 Å². The Balaban J connectivity index is 1.72. The first-order valence-corrected chi connectivity index (χ1v) is 9.18. The van der Waals surface area contributed by atoms with Crippen molar-refractivity contribution < 1.29 is 14.3 Å². The van der Waals surface area contributed by atoms with Gasteiger partial charge in [-0.1, -0.05) is 52.3 Å². The first-order chi connectivity index (χ1) is 13.0. The molecular weight excluding hydrogens is 404 g/mol. The zero-order chi connectivity index (χ0) is 19.2. The average Bonchev–Trinajstić information content (AvgIpc) is 2.67. The lowest BCUT2D eigenvalue weighted by Crippen LogP contribution is -2.10. The van der Waals surface area contributed by atoms with Crippen LogP contribution < -0.4 is 4.74 Å². The van der Waals surface area contributed by atoms with Crippen LogP contribution >= 0.6 is 15.9 Å². The van der Waals surface area contributed by atoms with Crippen molar-refractivity contribution in [3.05, 3.63) is 106 Å². The summed E-state index contributed by atoms with van der Waals surface area (Å²) in [6, 6.07) is 21.5. The Morgan fingerprint density at radius 1 is 0.926 bits per heavy atom. The van der Waals surface area contributed by atoms with Crippen molar-refractivity contribution >= 4 is 33.8 Å². The van der Waals surface area contributed by atoms with E-state index in [-0.39, 0.29) is 5.78 Å². The van der Waals surface area contributed by atoms with E-state index in [4.69, 9.17) is 4.74 Å². The van der Waals surface area contributed by atoms with Crippen molar-refractivity contribution in [3.63, 3.8) is 0 Å². The predicted octanol–water partition coefficient (Wildman–Crippen LogP) is 5.87. The molecule has 3 aromatic rings. The lowest BCUT2D eigenvalue weighted by atomic mass is 10.1. The monoisotopic (exact) mass is 420 g/mol. The smallest absolute Gasteiger partial charge is 0.343 e. The number of hydrogen-bond donors (Lipinski definition) is 0. The van der Waals surface area contributed by atoms with Gasteiger partial charge < -0.3 is 4.74 Å². The fraction of sp³-hybridized carbons (Fsp3) is 0.0435. The van der Waals surface area contributed by atoms with Crippen molar-refractivity contribution in [1.29, 1.82) is 0 Å². The van der Waals surface area contributed by atoms with Crippen molar-refractivity contribution in [2.45, 2.75) is 6.92 Å². The van der Waals surface area contributed by atoms with Gasteiger partial charge in [-0.05, 0) is 66.6 Å². The van der Waals surface area contributed by atoms with Gasteiger partial charge in [-0.3, -0.25) is 4.79 Å². The zero-order valence-electron chi connectivity index (χ0n) is 14.7. The molecule has 0 N–H and O–H groups in total. The fourth-order valence-electron chi connectivity index (χ4n) is 2.53. The number of hydrogen-bond acceptors (Lipinski definition) is 3. The van der Waals surface area contributed by atoms with E-state index in [1.807, 2.05) is 37.3 Å². The third-order valence-electron chi connectivity index (χ3n) is 3.99. The first-order valence-electron chi connectivity index (χ1n) is 8.39. The highest BCUT2D eigenvalue weighted by molar-refractivity contribution is 9.10. The van der Waals surface area contributed by atoms with Gasteiger partial charge in [0.05, 0.1) is 5.56 Å². The Kier molecular flexibility index (Phi) is 5.99. The maximum atomic E-state index is 12.3. The van der Waals surface area contributed by atoms with Gasteiger partial charge in [0.2, 0.25) is 0 Å². The summed E-state index contributed by atoms with van der Waals surface area (Å²) in [4.78, 5) is 24.6. The second-order valence-corrected chi connectivity index (χ2v) is 6.90. The highest BCUT2D eigenvalue weighted by Crippen LogP contribution is 2.18. The van der Waals surface area contributed by atoms with Gasteiger partial charge in [-0.2, -0.15) is 0 Å². The molecule has 0 fully saturated rings. The molecule has 3 aromatic carbocycles. The third-order valence-corrected chi connectivity index (χ3v) is 4.52. The van der Waals surface area contributed by atoms with Crippen molar-refractivity contribution in [3.8, 4) is 5.75 Å². The summed E-state index contributed by atoms with van der Waals surface area (Å²) < 4.78 is 6.39. The number of halogens is 1. The Bertz CT molecular complexity index is 1000. The van der Waals surface area contributed by atoms with Crippen LogP contribution in [0.3, 0.4) is 0 Å². The summed E-state index contributed by atoms with van der Waals surface area (Å²) >= 11 is 3.35. The van der Waals surface area contributed by atoms with Crippen LogP contribution in [0.1, 0.15) is 31.8 Å². The number of rotatable bonds is 5. The van der Waals surface area contributed by atoms with Crippen LogP contribution in [-0.2, 0) is 0 Å². The summed E-state index contributed by atoms with van der Waals surface area (Å²) in [6.45, 7) is 1.86. The minimum atomic E-state index is -0.403. The minimum absolute atomic E-state index is 0.0928. The van der Waals surface area contributed by atoms with E-state index in [1.165, 1.54) is 6.08 Å². The predicted molar refractivity (Wildman–Crippen MR) is 110 cm³/mol. The van der Waals surface area contributed by atoms with Crippen LogP contribution in [0.5, 0.6) is 5.75 Å². The maximum Gasteiger partial charge on any atom is 0.343 e. The van der Waals surface area contributed by atoms with Crippen LogP contribution in [0.2, 0.25) is 0 Å². The van der Waals surface area contributed by atoms with E-state index in [0.29, 0.717) is 16.9 Å². The number of carbonyl (C=O) groups excluding carboxylic acids is 2. The van der Waals surface area contributed by atoms with Crippen LogP contribution in [0.15, 0.2) is 83.3 Å². The fourth-order valence-corrected chi connectivity index (χ4v) is 2.79. The van der Waals surface area contributed by atoms with Crippen LogP contribution in [-0.4, -0.2) is 11.8 Å². The normalized spacial score (nSPS) is 10.7. The Hall–Kier alpha value is -2.98. The molecule has 3 rings (SSSR count). The number of aryl methyl sites for hydroxylation is 1. The average molecular weight is 421 g/mol. The molecule has 0 spiro atoms. The molecule has 3 nitrogen and oxygen atoms in total. The molecule has 0 atom stereocenters. The SMILES string of the molecule is Cc1ccccc1C(=O)Oc1cccc(/C=C/C(=O)c2ccc(Br)cc2)c1. The van der Waals surface area contributed by atoms with E-state index in [0.717, 1.165) is 15.6 Å². The topological polar surface area (TPSA) is 43.4 Å². The van der Waals surface area contributed by atoms with Gasteiger partial charge in [0, 0.05) is 10.0 Å². The molecule has 0 bridgehead atoms. The quantitative estimate of drug-likeness (QED) is 0.224. The van der Waals surface area contributed by atoms with Crippen LogP contribution in [0.25, 0.3) is 6.08 Å². The second kappa shape index (κ2) is 8.60. The molecule has 0 saturated carbocycles. The molecule has 0 unspecified atom stereocenters. The van der Waals surface area contributed by atoms with Crippen molar-refractivity contribution in [2.24, 2.45) is 0 Å². The highest BCUT2D eigenvalue weighted by atomic mass is 79.9. The number of esters is 1. The lowest BCUT2D eigenvalue weighted by molar-refractivity contribution is 0.0733. The second-order valence-electron chi connectivity index (χ2n) is 5.98. The van der Waals surface area contributed by atoms with Crippen molar-refractivity contribution in [2.75, 3.05) is 0 Å². The number of ketones is 1. The standard InChI is InChI=1S/C23H17BrO3/c1-16-5-2-3-8-21(16)23(26)27-20-7-4-6-17(15-20)9-14-22(25)18-10-12-19(24)13-11-18/h2-15H,1H3/b14-9+. The molecule has 4 heteroatoms. The number of carbonyl (C=O) groups is 2. The maximum absolute atomic E-state index is 12.3. The van der Waals surface area contributed by atoms with Gasteiger partial charge in [-0.15, -0.1) is 0 Å². The van der Waals surface area contributed by atoms with Crippen LogP contribution in [0.4, 0.5) is 0 Å². The summed E-state index contributed by atoms with van der Waals surface area (Å²) in [6.07, 6.45) is 3.21. The molecule has 0 aliphatic carbocycles. The van der Waals surface area contributed by atoms with Gasteiger partial charge in [0.15, 0.2) is 5.78 Å². The summed E-state index contributed by atoms with van der Waals surface area (Å²) in [5.41, 5.74) is 2.77. The number of benzene rings is 3. The molecule has 27 heavy (non-hydrogen) atoms. The lowest BCUT2D eigenvalue weighted by Gasteiger charge is -2.07. The molecule has 0 amide bonds. The molecular formula is C23H17BrO3. The number of ether oxygens (including phenoxy) is 1. The molecule has 0 radical (unpaired) electrons. The highest BCUT2D eigenvalue weighted by Gasteiger charge is 2.11. The molecule has 0 heterocycles. The Labute approximate surface area is 166 Å². The Morgan fingerprint density at radius 3 is 2.41 bits per heavy atom. The largest absolute Gasteiger partial charge is 0.423 e. The van der Waals surface area contributed by atoms with Gasteiger partial charge in [0.25, 0.3) is 0 Å². The van der Waals surface area contributed by atoms with E-state index >= 15 is 0 Å². The molecule has 0 aliphatic heterocycles. The number of allylic oxidation sites excluding steroid dienone is 1. The van der Waals surface area contributed by atoms with E-state index in [9.17, 15) is 9.59 Å². The zero-order valence-corrected chi connectivity index (χ0v) is 16.3. The molecule has 0 saturated heterocycles. The van der Waals surface area contributed by atoms with Gasteiger partial charge >= 0.3 is 5.97 Å². The van der Waals surface area contributed by atoms with E-state index in [1.54, 1.807) is 48.5 Å². The van der Waals surface area contributed by atoms with Crippen molar-refractivity contribution in [1.82, 2.24) is 0 Å². The third kappa shape index (κ3) is 5.02. The van der Waals surface area contributed by atoms with Gasteiger partial charge in [-0.25, -0.2) is 4.79 Å². The van der Waals surface area contributed by atoms with E-state index in [2.05, 4.69) is 15.9 Å². The molecule has 0 aromatic heterocycles. The molecule has 134 valence electrons. The summed E-state index contributed by atoms with van der Waals surface area (Å²) in [5, 5.41) is 0. The van der Waals surface area contributed by atoms with Crippen LogP contribution in [0, 0.1) is 6.92 Å². The van der Waals surface area contributed by atoms with Gasteiger partial charge in [0.1, 0.15) is 5.75 Å². The molecule has 0 aliphatic rings. The minimum Gasteiger partial charge on any atom is -0.423 e. The summed E-state index contributed by atoms with van der Waals surface area (Å²) in [7, 11) is 0. The summed E-state index contributed by atoms with van der Waals surface area (Å²) in [5.74, 6) is -0.0635.